The molecule has 140 valence electrons. The molecule has 29 heavy (non-hydrogen) atoms. The van der Waals surface area contributed by atoms with Crippen LogP contribution in [0, 0.1) is 45.3 Å². The summed E-state index contributed by atoms with van der Waals surface area (Å²) in [6.45, 7) is 3.86. The van der Waals surface area contributed by atoms with Crippen LogP contribution in [-0.2, 0) is 0 Å². The standard InChI is InChI=1S/C24H18N4O/c1-16(2)22-11-23(19(12-25)13-26)18(10-24(22)20(14-27)15-28)7-4-17-5-8-21(29-3)9-6-17/h4-11,16H,1-3H3. The lowest BCUT2D eigenvalue weighted by Gasteiger charge is -2.09. The first kappa shape index (κ1) is 21.0. The van der Waals surface area contributed by atoms with Gasteiger partial charge in [0.2, 0.25) is 0 Å². The van der Waals surface area contributed by atoms with E-state index in [2.05, 4.69) is 0 Å². The van der Waals surface area contributed by atoms with E-state index in [9.17, 15) is 21.0 Å². The SMILES string of the molecule is COc1ccc(C=Cc2cc(=C(C#N)C#N)c(C(C)C)cc2=C(C#N)C#N)cc1. The predicted molar refractivity (Wildman–Crippen MR) is 111 cm³/mol. The van der Waals surface area contributed by atoms with Gasteiger partial charge in [-0.1, -0.05) is 38.1 Å². The van der Waals surface area contributed by atoms with Gasteiger partial charge in [-0.25, -0.2) is 0 Å². The van der Waals surface area contributed by atoms with Gasteiger partial charge < -0.3 is 4.74 Å². The maximum Gasteiger partial charge on any atom is 0.137 e. The van der Waals surface area contributed by atoms with E-state index >= 15 is 0 Å². The average molecular weight is 378 g/mol. The Kier molecular flexibility index (Phi) is 6.92. The van der Waals surface area contributed by atoms with Crippen LogP contribution in [0.15, 0.2) is 36.4 Å². The fourth-order valence-electron chi connectivity index (χ4n) is 2.87. The maximum atomic E-state index is 9.39. The average Bonchev–Trinajstić information content (AvgIpc) is 2.74. The summed E-state index contributed by atoms with van der Waals surface area (Å²) >= 11 is 0. The van der Waals surface area contributed by atoms with E-state index in [0.29, 0.717) is 16.0 Å². The molecular weight excluding hydrogens is 360 g/mol. The minimum Gasteiger partial charge on any atom is -0.497 e. The van der Waals surface area contributed by atoms with Crippen molar-refractivity contribution in [3.63, 3.8) is 0 Å². The van der Waals surface area contributed by atoms with E-state index in [1.165, 1.54) is 0 Å². The number of benzene rings is 2. The first-order valence-electron chi connectivity index (χ1n) is 8.84. The molecule has 0 aliphatic heterocycles. The third-order valence-corrected chi connectivity index (χ3v) is 4.40. The molecule has 0 aromatic heterocycles. The number of hydrogen-bond donors (Lipinski definition) is 0. The van der Waals surface area contributed by atoms with Gasteiger partial charge in [-0.2, -0.15) is 21.0 Å². The Balaban J connectivity index is 2.86. The minimum absolute atomic E-state index is 0.00120. The summed E-state index contributed by atoms with van der Waals surface area (Å²) in [5.74, 6) is 0.733. The van der Waals surface area contributed by atoms with Crippen molar-refractivity contribution in [2.45, 2.75) is 19.8 Å². The highest BCUT2D eigenvalue weighted by atomic mass is 16.5. The Morgan fingerprint density at radius 1 is 0.828 bits per heavy atom. The van der Waals surface area contributed by atoms with Crippen LogP contribution in [0.5, 0.6) is 5.75 Å². The van der Waals surface area contributed by atoms with E-state index in [-0.39, 0.29) is 17.1 Å². The molecule has 0 heterocycles. The van der Waals surface area contributed by atoms with Gasteiger partial charge in [-0.15, -0.1) is 0 Å². The molecule has 2 aromatic rings. The van der Waals surface area contributed by atoms with E-state index in [4.69, 9.17) is 4.74 Å². The molecule has 0 fully saturated rings. The summed E-state index contributed by atoms with van der Waals surface area (Å²) in [5.41, 5.74) is 2.19. The van der Waals surface area contributed by atoms with Gasteiger partial charge >= 0.3 is 0 Å². The Morgan fingerprint density at radius 2 is 1.38 bits per heavy atom. The van der Waals surface area contributed by atoms with Crippen molar-refractivity contribution in [1.29, 1.82) is 21.0 Å². The van der Waals surface area contributed by atoms with Crippen LogP contribution in [0.1, 0.15) is 36.5 Å². The molecule has 0 saturated carbocycles. The third-order valence-electron chi connectivity index (χ3n) is 4.40. The zero-order chi connectivity index (χ0) is 21.4. The molecule has 2 aromatic carbocycles. The number of methoxy groups -OCH3 is 1. The quantitative estimate of drug-likeness (QED) is 0.759. The van der Waals surface area contributed by atoms with Crippen molar-refractivity contribution in [3.8, 4) is 30.0 Å². The van der Waals surface area contributed by atoms with Crippen LogP contribution in [-0.4, -0.2) is 7.11 Å². The molecule has 2 rings (SSSR count). The number of nitriles is 4. The lowest BCUT2D eigenvalue weighted by atomic mass is 9.93. The summed E-state index contributed by atoms with van der Waals surface area (Å²) in [6, 6.07) is 18.6. The highest BCUT2D eigenvalue weighted by Gasteiger charge is 2.10. The Bertz CT molecular complexity index is 1210. The Labute approximate surface area is 169 Å². The predicted octanol–water partition coefficient (Wildman–Crippen LogP) is 3.38. The number of hydrogen-bond acceptors (Lipinski definition) is 5. The van der Waals surface area contributed by atoms with Crippen molar-refractivity contribution in [2.75, 3.05) is 7.11 Å². The fraction of sp³-hybridized carbons (Fsp3) is 0.167. The normalized spacial score (nSPS) is 9.93. The largest absolute Gasteiger partial charge is 0.497 e. The molecule has 0 unspecified atom stereocenters. The molecule has 5 nitrogen and oxygen atoms in total. The van der Waals surface area contributed by atoms with E-state index in [1.54, 1.807) is 25.3 Å². The highest BCUT2D eigenvalue weighted by molar-refractivity contribution is 5.80. The lowest BCUT2D eigenvalue weighted by Crippen LogP contribution is -2.22. The first-order chi connectivity index (χ1) is 14.0. The second-order valence-electron chi connectivity index (χ2n) is 6.49. The molecular formula is C24H18N4O. The van der Waals surface area contributed by atoms with Gasteiger partial charge in [0, 0.05) is 10.4 Å². The number of ether oxygens (including phenoxy) is 1. The van der Waals surface area contributed by atoms with Crippen LogP contribution in [0.2, 0.25) is 0 Å². The van der Waals surface area contributed by atoms with Crippen molar-refractivity contribution in [3.05, 3.63) is 63.5 Å². The third kappa shape index (κ3) is 4.70. The second-order valence-corrected chi connectivity index (χ2v) is 6.49. The second kappa shape index (κ2) is 9.57. The number of nitrogens with zero attached hydrogens (tertiary/aromatic N) is 4. The molecule has 0 saturated heterocycles. The fourth-order valence-corrected chi connectivity index (χ4v) is 2.87. The lowest BCUT2D eigenvalue weighted by molar-refractivity contribution is 0.415. The summed E-state index contributed by atoms with van der Waals surface area (Å²) < 4.78 is 5.15. The molecule has 0 atom stereocenters. The van der Waals surface area contributed by atoms with Crippen LogP contribution in [0.3, 0.4) is 0 Å². The van der Waals surface area contributed by atoms with Crippen LogP contribution in [0.25, 0.3) is 23.3 Å². The van der Waals surface area contributed by atoms with Gasteiger partial charge in [0.15, 0.2) is 0 Å². The van der Waals surface area contributed by atoms with Crippen molar-refractivity contribution < 1.29 is 4.74 Å². The Morgan fingerprint density at radius 3 is 1.86 bits per heavy atom. The molecule has 0 bridgehead atoms. The van der Waals surface area contributed by atoms with Gasteiger partial charge in [0.1, 0.15) is 41.2 Å². The van der Waals surface area contributed by atoms with Gasteiger partial charge in [0.25, 0.3) is 0 Å². The molecule has 5 heteroatoms. The monoisotopic (exact) mass is 378 g/mol. The van der Waals surface area contributed by atoms with Crippen molar-refractivity contribution >= 4 is 23.3 Å². The topological polar surface area (TPSA) is 104 Å². The zero-order valence-electron chi connectivity index (χ0n) is 16.4. The van der Waals surface area contributed by atoms with Crippen molar-refractivity contribution in [2.24, 2.45) is 0 Å². The van der Waals surface area contributed by atoms with E-state index in [1.807, 2.05) is 68.5 Å². The van der Waals surface area contributed by atoms with Gasteiger partial charge in [0.05, 0.1) is 7.11 Å². The summed E-state index contributed by atoms with van der Waals surface area (Å²) in [7, 11) is 1.59. The highest BCUT2D eigenvalue weighted by Crippen LogP contribution is 2.15. The van der Waals surface area contributed by atoms with Gasteiger partial charge in [-0.05, 0) is 46.9 Å². The van der Waals surface area contributed by atoms with Crippen LogP contribution < -0.4 is 15.2 Å². The molecule has 0 aliphatic carbocycles. The smallest absolute Gasteiger partial charge is 0.137 e. The minimum atomic E-state index is -0.0247. The Hall–Kier alpha value is -4.32. The zero-order valence-corrected chi connectivity index (χ0v) is 16.4. The van der Waals surface area contributed by atoms with E-state index in [0.717, 1.165) is 16.9 Å². The first-order valence-corrected chi connectivity index (χ1v) is 8.84. The molecule has 0 amide bonds. The molecule has 0 aliphatic rings. The number of rotatable bonds is 4. The molecule has 0 N–H and O–H groups in total. The molecule has 0 radical (unpaired) electrons. The van der Waals surface area contributed by atoms with Crippen molar-refractivity contribution in [1.82, 2.24) is 0 Å². The summed E-state index contributed by atoms with van der Waals surface area (Å²) in [4.78, 5) is 0. The molecule has 0 spiro atoms. The van der Waals surface area contributed by atoms with E-state index < -0.39 is 0 Å². The van der Waals surface area contributed by atoms with Crippen LogP contribution >= 0.6 is 0 Å². The van der Waals surface area contributed by atoms with Gasteiger partial charge in [-0.3, -0.25) is 0 Å². The summed E-state index contributed by atoms with van der Waals surface area (Å²) in [5, 5.41) is 38.5. The maximum absolute atomic E-state index is 9.39. The summed E-state index contributed by atoms with van der Waals surface area (Å²) in [6.07, 6.45) is 3.60. The van der Waals surface area contributed by atoms with Crippen LogP contribution in [0.4, 0.5) is 0 Å².